The summed E-state index contributed by atoms with van der Waals surface area (Å²) in [4.78, 5) is 12.6. The monoisotopic (exact) mass is 378 g/mol. The zero-order chi connectivity index (χ0) is 20.6. The number of benzene rings is 1. The van der Waals surface area contributed by atoms with Gasteiger partial charge in [0.2, 0.25) is 0 Å². The largest absolute Gasteiger partial charge is 0.495 e. The first kappa shape index (κ1) is 19.3. The number of methoxy groups -OCH3 is 1. The molecule has 0 aromatic heterocycles. The summed E-state index contributed by atoms with van der Waals surface area (Å²) in [6.07, 6.45) is 10.6. The maximum atomic E-state index is 12.6. The molecular weight excluding hydrogens is 348 g/mol. The predicted octanol–water partition coefficient (Wildman–Crippen LogP) is 3.97. The molecule has 148 valence electrons. The Balaban J connectivity index is 1.95. The summed E-state index contributed by atoms with van der Waals surface area (Å²) in [5, 5.41) is 11.4. The Bertz CT molecular complexity index is 948. The van der Waals surface area contributed by atoms with Gasteiger partial charge in [-0.25, -0.2) is 0 Å². The zero-order valence-corrected chi connectivity index (χ0v) is 17.7. The van der Waals surface area contributed by atoms with E-state index in [1.807, 2.05) is 19.9 Å². The van der Waals surface area contributed by atoms with Crippen LogP contribution in [0.4, 0.5) is 0 Å². The highest BCUT2D eigenvalue weighted by molar-refractivity contribution is 5.95. The number of terminal acetylenes is 1. The molecule has 5 atom stereocenters. The van der Waals surface area contributed by atoms with Crippen LogP contribution in [0.1, 0.15) is 56.4 Å². The van der Waals surface area contributed by atoms with Crippen LogP contribution in [0.5, 0.6) is 5.75 Å². The second-order valence-corrected chi connectivity index (χ2v) is 9.88. The molecule has 4 rings (SSSR count). The lowest BCUT2D eigenvalue weighted by Crippen LogP contribution is -2.60. The number of carbonyl (C=O) groups excluding carboxylic acids is 1. The molecule has 0 heterocycles. The molecule has 0 spiro atoms. The standard InChI is InChI=1S/C25H30O3/c1-8-15-14(2)16-11-20-24(5)10-9-21(26)23(3,4)19(24)13-22(27)25(20,6)17(16)12-18(15)28-7/h1,9-10,12,19-20,22,27H,11,13H2,2-7H3. The van der Waals surface area contributed by atoms with Crippen molar-refractivity contribution in [1.82, 2.24) is 0 Å². The van der Waals surface area contributed by atoms with E-state index in [-0.39, 0.29) is 23.0 Å². The van der Waals surface area contributed by atoms with Gasteiger partial charge >= 0.3 is 0 Å². The van der Waals surface area contributed by atoms with Gasteiger partial charge in [0.15, 0.2) is 5.78 Å². The molecule has 0 aliphatic heterocycles. The number of carbonyl (C=O) groups is 1. The number of ketones is 1. The number of fused-ring (bicyclic) bond motifs is 5. The Hall–Kier alpha value is -2.05. The van der Waals surface area contributed by atoms with Gasteiger partial charge in [-0.15, -0.1) is 6.42 Å². The number of hydrogen-bond donors (Lipinski definition) is 1. The fraction of sp³-hybridized carbons (Fsp3) is 0.560. The molecule has 0 bridgehead atoms. The number of hydrogen-bond acceptors (Lipinski definition) is 3. The van der Waals surface area contributed by atoms with Crippen LogP contribution < -0.4 is 4.74 Å². The van der Waals surface area contributed by atoms with E-state index < -0.39 is 16.9 Å². The average molecular weight is 379 g/mol. The van der Waals surface area contributed by atoms with Crippen LogP contribution in [0, 0.1) is 41.9 Å². The first-order valence-corrected chi connectivity index (χ1v) is 10.1. The summed E-state index contributed by atoms with van der Waals surface area (Å²) in [6, 6.07) is 2.05. The Morgan fingerprint density at radius 2 is 1.93 bits per heavy atom. The summed E-state index contributed by atoms with van der Waals surface area (Å²) in [7, 11) is 1.64. The van der Waals surface area contributed by atoms with Gasteiger partial charge in [-0.3, -0.25) is 4.79 Å². The lowest BCUT2D eigenvalue weighted by atomic mass is 9.44. The molecule has 1 aromatic rings. The van der Waals surface area contributed by atoms with Gasteiger partial charge in [-0.2, -0.15) is 0 Å². The van der Waals surface area contributed by atoms with E-state index in [9.17, 15) is 9.90 Å². The van der Waals surface area contributed by atoms with Gasteiger partial charge < -0.3 is 9.84 Å². The highest BCUT2D eigenvalue weighted by Crippen LogP contribution is 2.66. The molecule has 3 heteroatoms. The molecule has 1 fully saturated rings. The normalized spacial score (nSPS) is 37.6. The van der Waals surface area contributed by atoms with Crippen molar-refractivity contribution in [3.63, 3.8) is 0 Å². The Kier molecular flexibility index (Phi) is 3.95. The second-order valence-electron chi connectivity index (χ2n) is 9.88. The third-order valence-electron chi connectivity index (χ3n) is 8.50. The maximum Gasteiger partial charge on any atom is 0.161 e. The van der Waals surface area contributed by atoms with Crippen molar-refractivity contribution < 1.29 is 14.6 Å². The minimum Gasteiger partial charge on any atom is -0.495 e. The molecule has 3 aliphatic carbocycles. The van der Waals surface area contributed by atoms with Crippen molar-refractivity contribution >= 4 is 5.78 Å². The molecule has 28 heavy (non-hydrogen) atoms. The van der Waals surface area contributed by atoms with E-state index in [0.717, 1.165) is 23.1 Å². The lowest BCUT2D eigenvalue weighted by Gasteiger charge is -2.59. The van der Waals surface area contributed by atoms with E-state index in [1.54, 1.807) is 13.2 Å². The SMILES string of the molecule is C#Cc1c(OC)cc2c(c1C)CC1C3(C)C=CC(=O)C(C)(C)C3CC(O)C21C. The Morgan fingerprint density at radius 1 is 1.25 bits per heavy atom. The van der Waals surface area contributed by atoms with Gasteiger partial charge in [-0.05, 0) is 65.8 Å². The number of allylic oxidation sites excluding steroid dienone is 2. The number of aliphatic hydroxyl groups excluding tert-OH is 1. The van der Waals surface area contributed by atoms with Crippen molar-refractivity contribution in [3.8, 4) is 18.1 Å². The lowest BCUT2D eigenvalue weighted by molar-refractivity contribution is -0.143. The number of aliphatic hydroxyl groups is 1. The first-order valence-electron chi connectivity index (χ1n) is 10.1. The number of rotatable bonds is 1. The smallest absolute Gasteiger partial charge is 0.161 e. The summed E-state index contributed by atoms with van der Waals surface area (Å²) in [5.41, 5.74) is 3.24. The van der Waals surface area contributed by atoms with Gasteiger partial charge in [0, 0.05) is 10.8 Å². The van der Waals surface area contributed by atoms with E-state index in [0.29, 0.717) is 12.2 Å². The summed E-state index contributed by atoms with van der Waals surface area (Å²) >= 11 is 0. The van der Waals surface area contributed by atoms with Crippen LogP contribution in [0.2, 0.25) is 0 Å². The fourth-order valence-electron chi connectivity index (χ4n) is 6.70. The Morgan fingerprint density at radius 3 is 2.54 bits per heavy atom. The van der Waals surface area contributed by atoms with Crippen LogP contribution in [0.15, 0.2) is 18.2 Å². The number of ether oxygens (including phenoxy) is 1. The summed E-state index contributed by atoms with van der Waals surface area (Å²) < 4.78 is 5.60. The van der Waals surface area contributed by atoms with Crippen molar-refractivity contribution in [2.24, 2.45) is 22.7 Å². The van der Waals surface area contributed by atoms with Crippen LogP contribution in [0.25, 0.3) is 0 Å². The van der Waals surface area contributed by atoms with Crippen molar-refractivity contribution in [3.05, 3.63) is 40.5 Å². The van der Waals surface area contributed by atoms with E-state index in [4.69, 9.17) is 11.2 Å². The fourth-order valence-corrected chi connectivity index (χ4v) is 6.70. The molecule has 0 radical (unpaired) electrons. The van der Waals surface area contributed by atoms with E-state index in [1.165, 1.54) is 5.56 Å². The molecular formula is C25H30O3. The molecule has 1 aromatic carbocycles. The molecule has 3 aliphatic rings. The first-order chi connectivity index (χ1) is 13.0. The van der Waals surface area contributed by atoms with Crippen LogP contribution in [-0.2, 0) is 16.6 Å². The van der Waals surface area contributed by atoms with Gasteiger partial charge in [-0.1, -0.05) is 39.7 Å². The van der Waals surface area contributed by atoms with Crippen LogP contribution >= 0.6 is 0 Å². The third kappa shape index (κ3) is 2.08. The van der Waals surface area contributed by atoms with Crippen LogP contribution in [0.3, 0.4) is 0 Å². The molecule has 1 N–H and O–H groups in total. The molecule has 0 amide bonds. The Labute approximate surface area is 168 Å². The average Bonchev–Trinajstić information content (AvgIpc) is 2.97. The topological polar surface area (TPSA) is 46.5 Å². The van der Waals surface area contributed by atoms with Crippen molar-refractivity contribution in [2.75, 3.05) is 7.11 Å². The highest BCUT2D eigenvalue weighted by atomic mass is 16.5. The zero-order valence-electron chi connectivity index (χ0n) is 17.7. The van der Waals surface area contributed by atoms with Gasteiger partial charge in [0.25, 0.3) is 0 Å². The van der Waals surface area contributed by atoms with Crippen LogP contribution in [-0.4, -0.2) is 24.1 Å². The van der Waals surface area contributed by atoms with Gasteiger partial charge in [0.1, 0.15) is 5.75 Å². The molecule has 1 saturated carbocycles. The van der Waals surface area contributed by atoms with Gasteiger partial charge in [0.05, 0.1) is 18.8 Å². The minimum atomic E-state index is -0.517. The maximum absolute atomic E-state index is 12.6. The minimum absolute atomic E-state index is 0.106. The summed E-state index contributed by atoms with van der Waals surface area (Å²) in [5.74, 6) is 3.96. The van der Waals surface area contributed by atoms with Crippen molar-refractivity contribution in [2.45, 2.75) is 59.0 Å². The predicted molar refractivity (Wildman–Crippen MR) is 110 cm³/mol. The van der Waals surface area contributed by atoms with Crippen molar-refractivity contribution in [1.29, 1.82) is 0 Å². The summed E-state index contributed by atoms with van der Waals surface area (Å²) in [6.45, 7) is 10.6. The van der Waals surface area contributed by atoms with E-state index >= 15 is 0 Å². The quantitative estimate of drug-likeness (QED) is 0.752. The molecule has 3 nitrogen and oxygen atoms in total. The molecule has 5 unspecified atom stereocenters. The molecule has 0 saturated heterocycles. The third-order valence-corrected chi connectivity index (χ3v) is 8.50. The van der Waals surface area contributed by atoms with E-state index in [2.05, 4.69) is 32.8 Å². The highest BCUT2D eigenvalue weighted by Gasteiger charge is 2.64. The second kappa shape index (κ2) is 5.74.